The summed E-state index contributed by atoms with van der Waals surface area (Å²) in [5, 5.41) is 12.4. The number of halogens is 6. The van der Waals surface area contributed by atoms with Gasteiger partial charge in [0.15, 0.2) is 18.7 Å². The van der Waals surface area contributed by atoms with Gasteiger partial charge in [-0.2, -0.15) is 0 Å². The summed E-state index contributed by atoms with van der Waals surface area (Å²) in [6, 6.07) is 12.4. The third kappa shape index (κ3) is 19.7. The van der Waals surface area contributed by atoms with Crippen molar-refractivity contribution in [3.8, 4) is 0 Å². The van der Waals surface area contributed by atoms with Gasteiger partial charge in [0.05, 0.1) is 36.7 Å². The molecule has 13 rings (SSSR count). The van der Waals surface area contributed by atoms with Crippen LogP contribution in [-0.2, 0) is 86.4 Å². The summed E-state index contributed by atoms with van der Waals surface area (Å²) in [6.45, 7) is 9.66. The first kappa shape index (κ1) is 77.7. The summed E-state index contributed by atoms with van der Waals surface area (Å²) in [7, 11) is 9.24. The van der Waals surface area contributed by atoms with Gasteiger partial charge < -0.3 is 57.2 Å². The maximum absolute atomic E-state index is 12.3. The zero-order valence-corrected chi connectivity index (χ0v) is 61.9. The van der Waals surface area contributed by atoms with Crippen molar-refractivity contribution in [1.29, 1.82) is 0 Å². The van der Waals surface area contributed by atoms with Crippen LogP contribution in [0.4, 0.5) is 0 Å². The standard InChI is InChI=1S/C16H19ClN2O4.C12H13ClN3O2P.C11H13ClN3O2P.C10H10ClN3O2.C10H12ClN3.C7H5ClN2/c1-4-12(20)23-16(3,15(21)22-5-2)8-10-9-19-14-13(10)11(17)6-7-18-14;1-6(17)18-10-4-7-9(5-15-10)16(19)12-11(7)8(13)2-3-14-12;1-6(16)17-9(13)4-7-5-15(18)11-10(7)8(12)2-3-14-11;11-7-1-2-13-10-9(7)6(4-14-10)3-8(12)16-5-15;1-14(2)6-7-5-13-10-9(7)8(11)3-4-12-10;8-6-2-4-10-7-5(6)1-3-9-7/h6-7,9H,4-5,8H2,1-3H3,(H,18,19);2-3,10,15H,4-5,19H2,1H3;2-3,5,9H,4,13,18H2,1H3;1-2,4-5,8H,3,12H2,(H,13,14);3-5H,6H2,1-2H3,(H,12,13);1-4H,(H,9,10). The Hall–Kier alpha value is -8.07. The number of hydrogen-bond acceptors (Lipinski definition) is 20. The second-order valence-corrected chi connectivity index (χ2v) is 26.1. The molecule has 12 aromatic rings. The normalized spacial score (nSPS) is 13.6. The van der Waals surface area contributed by atoms with Gasteiger partial charge in [-0.15, -0.1) is 0 Å². The van der Waals surface area contributed by atoms with Crippen LogP contribution in [0.1, 0.15) is 74.6 Å². The second kappa shape index (κ2) is 36.0. The molecular weight excluding hydrogens is 1450 g/mol. The molecule has 0 fully saturated rings. The van der Waals surface area contributed by atoms with Gasteiger partial charge in [-0.3, -0.25) is 36.0 Å². The lowest BCUT2D eigenvalue weighted by Gasteiger charge is -2.27. The minimum Gasteiger partial charge on any atom is -0.463 e. The number of carbonyl (C=O) groups excluding carboxylic acids is 5. The number of nitrogens with one attached hydrogen (secondary N) is 5. The number of rotatable bonds is 16. The fourth-order valence-electron chi connectivity index (χ4n) is 10.7. The van der Waals surface area contributed by atoms with Crippen molar-refractivity contribution in [2.45, 2.75) is 104 Å². The van der Waals surface area contributed by atoms with Crippen LogP contribution in [0.2, 0.25) is 30.1 Å². The molecule has 0 spiro atoms. The minimum atomic E-state index is -1.42. The van der Waals surface area contributed by atoms with Crippen LogP contribution in [0, 0.1) is 0 Å². The fraction of sp³-hybridized carbons (Fsp3) is 0.288. The number of carbonyl (C=O) groups is 5. The Kier molecular flexibility index (Phi) is 28.0. The molecule has 0 bridgehead atoms. The van der Waals surface area contributed by atoms with E-state index in [1.54, 1.807) is 105 Å². The molecule has 0 amide bonds. The zero-order valence-electron chi connectivity index (χ0n) is 55.0. The Balaban J connectivity index is 0.000000155. The molecule has 9 N–H and O–H groups in total. The Bertz CT molecular complexity index is 4850. The fourth-order valence-corrected chi connectivity index (χ4v) is 13.0. The number of nitrogens with zero attached hydrogens (tertiary/aromatic N) is 9. The summed E-state index contributed by atoms with van der Waals surface area (Å²) in [5.41, 5.74) is 20.4. The van der Waals surface area contributed by atoms with Gasteiger partial charge in [0.1, 0.15) is 33.9 Å². The topological polar surface area (TPSA) is 349 Å². The van der Waals surface area contributed by atoms with Gasteiger partial charge in [0.2, 0.25) is 5.60 Å². The number of H-pyrrole nitrogens is 4. The number of aromatic nitrogens is 12. The smallest absolute Gasteiger partial charge is 0.350 e. The number of fused-ring (bicyclic) bond motifs is 8. The molecule has 0 saturated carbocycles. The molecular formula is C66H72Cl6N16O10P2. The molecule has 12 aromatic heterocycles. The molecule has 0 saturated heterocycles. The Morgan fingerprint density at radius 3 is 1.72 bits per heavy atom. The molecule has 26 nitrogen and oxygen atoms in total. The highest BCUT2D eigenvalue weighted by Gasteiger charge is 2.40. The molecule has 6 atom stereocenters. The number of hydrogen-bond donors (Lipinski definition) is 7. The quantitative estimate of drug-likeness (QED) is 0.0155. The van der Waals surface area contributed by atoms with E-state index >= 15 is 0 Å². The minimum absolute atomic E-state index is 0.142. The van der Waals surface area contributed by atoms with Crippen LogP contribution in [0.5, 0.6) is 0 Å². The lowest BCUT2D eigenvalue weighted by Crippen LogP contribution is -2.43. The van der Waals surface area contributed by atoms with Crippen molar-refractivity contribution in [1.82, 2.24) is 68.7 Å². The summed E-state index contributed by atoms with van der Waals surface area (Å²) in [5.74, 6) is -1.75. The molecule has 100 heavy (non-hydrogen) atoms. The van der Waals surface area contributed by atoms with Crippen molar-refractivity contribution in [3.05, 3.63) is 174 Å². The largest absolute Gasteiger partial charge is 0.463 e. The van der Waals surface area contributed by atoms with Crippen LogP contribution in [0.3, 0.4) is 0 Å². The highest BCUT2D eigenvalue weighted by molar-refractivity contribution is 7.15. The highest BCUT2D eigenvalue weighted by atomic mass is 35.5. The highest BCUT2D eigenvalue weighted by Crippen LogP contribution is 2.36. The first-order valence-electron chi connectivity index (χ1n) is 30.7. The number of ether oxygens (including phenoxy) is 5. The average molecular weight is 1520 g/mol. The zero-order chi connectivity index (χ0) is 72.5. The van der Waals surface area contributed by atoms with E-state index in [1.165, 1.54) is 19.4 Å². The average Bonchev–Trinajstić information content (AvgIpc) is 1.61. The van der Waals surface area contributed by atoms with E-state index in [4.69, 9.17) is 100 Å². The number of aromatic amines is 4. The van der Waals surface area contributed by atoms with Crippen LogP contribution in [0.15, 0.2) is 111 Å². The van der Waals surface area contributed by atoms with Crippen LogP contribution in [-0.4, -0.2) is 139 Å². The number of pyridine rings is 6. The SMILES string of the molecule is CC(=O)OC(N)Cc1cn(P)c2nccc(Cl)c12.CC(=O)OC1Cc2c(n(P)c3nccc(Cl)c23)CN1.CCOC(=O)C(C)(Cc1c[nH]c2nccc(Cl)c12)OC(=O)CC.CN(C)Cc1c[nH]c2nccc(Cl)c12.Clc1ccnc2[nH]ccc12.NC(Cc1c[nH]c2nccc(Cl)c12)OC=O. The lowest BCUT2D eigenvalue weighted by molar-refractivity contribution is -0.180. The van der Waals surface area contributed by atoms with E-state index in [2.05, 4.69) is 83.6 Å². The molecule has 0 radical (unpaired) electrons. The van der Waals surface area contributed by atoms with Gasteiger partial charge in [-0.05, 0) is 117 Å². The molecule has 0 aromatic carbocycles. The molecule has 0 aliphatic carbocycles. The first-order chi connectivity index (χ1) is 47.7. The number of esters is 4. The monoisotopic (exact) mass is 1520 g/mol. The van der Waals surface area contributed by atoms with Gasteiger partial charge in [0.25, 0.3) is 6.47 Å². The van der Waals surface area contributed by atoms with Crippen molar-refractivity contribution in [3.63, 3.8) is 0 Å². The molecule has 13 heterocycles. The number of nitrogens with two attached hydrogens (primary N) is 2. The molecule has 528 valence electrons. The van der Waals surface area contributed by atoms with Crippen LogP contribution >= 0.6 is 88.4 Å². The van der Waals surface area contributed by atoms with E-state index < -0.39 is 36.0 Å². The predicted octanol–water partition coefficient (Wildman–Crippen LogP) is 12.3. The summed E-state index contributed by atoms with van der Waals surface area (Å²) in [6.07, 6.45) is 19.1. The van der Waals surface area contributed by atoms with E-state index in [0.29, 0.717) is 69.1 Å². The maximum atomic E-state index is 12.3. The first-order valence-corrected chi connectivity index (χ1v) is 34.0. The van der Waals surface area contributed by atoms with E-state index in [0.717, 1.165) is 94.1 Å². The van der Waals surface area contributed by atoms with E-state index in [9.17, 15) is 24.0 Å². The van der Waals surface area contributed by atoms with E-state index in [1.807, 2.05) is 49.2 Å². The molecule has 1 aliphatic heterocycles. The van der Waals surface area contributed by atoms with Gasteiger partial charge >= 0.3 is 23.9 Å². The molecule has 34 heteroatoms. The summed E-state index contributed by atoms with van der Waals surface area (Å²) >= 11 is 36.6. The Morgan fingerprint density at radius 1 is 0.660 bits per heavy atom. The lowest BCUT2D eigenvalue weighted by atomic mass is 9.96. The van der Waals surface area contributed by atoms with Crippen molar-refractivity contribution >= 4 is 185 Å². The summed E-state index contributed by atoms with van der Waals surface area (Å²) in [4.78, 5) is 95.4. The van der Waals surface area contributed by atoms with Crippen LogP contribution < -0.4 is 16.8 Å². The second-order valence-electron chi connectivity index (χ2n) is 22.6. The maximum Gasteiger partial charge on any atom is 0.350 e. The summed E-state index contributed by atoms with van der Waals surface area (Å²) < 4.78 is 28.9. The third-order valence-electron chi connectivity index (χ3n) is 14.9. The van der Waals surface area contributed by atoms with Crippen molar-refractivity contribution < 1.29 is 47.7 Å². The van der Waals surface area contributed by atoms with Gasteiger partial charge in [-0.25, -0.2) is 34.7 Å². The van der Waals surface area contributed by atoms with Crippen LogP contribution in [0.25, 0.3) is 66.2 Å². The predicted molar refractivity (Wildman–Crippen MR) is 395 cm³/mol. The van der Waals surface area contributed by atoms with Crippen molar-refractivity contribution in [2.24, 2.45) is 11.5 Å². The van der Waals surface area contributed by atoms with Gasteiger partial charge in [0, 0.05) is 165 Å². The molecule has 1 aliphatic rings. The Morgan fingerprint density at radius 2 is 1.17 bits per heavy atom. The molecule has 6 unspecified atom stereocenters. The third-order valence-corrected chi connectivity index (χ3v) is 17.8. The Labute approximate surface area is 608 Å². The van der Waals surface area contributed by atoms with Gasteiger partial charge in [-0.1, -0.05) is 76.5 Å². The van der Waals surface area contributed by atoms with E-state index in [-0.39, 0.29) is 31.6 Å². The van der Waals surface area contributed by atoms with Crippen molar-refractivity contribution in [2.75, 3.05) is 20.7 Å².